The van der Waals surface area contributed by atoms with Gasteiger partial charge in [-0.05, 0) is 29.3 Å². The minimum absolute atomic E-state index is 0.00241. The van der Waals surface area contributed by atoms with Gasteiger partial charge < -0.3 is 20.3 Å². The smallest absolute Gasteiger partial charge is 0.355 e. The summed E-state index contributed by atoms with van der Waals surface area (Å²) in [7, 11) is 2.30. The molecule has 0 fully saturated rings. The molecule has 10 heteroatoms. The van der Waals surface area contributed by atoms with Crippen LogP contribution in [-0.2, 0) is 23.9 Å². The number of nitrogens with zero attached hydrogens (tertiary/aromatic N) is 2. The van der Waals surface area contributed by atoms with Crippen molar-refractivity contribution in [2.24, 2.45) is 5.73 Å². The topological polar surface area (TPSA) is 143 Å². The largest absolute Gasteiger partial charge is 0.478 e. The van der Waals surface area contributed by atoms with Crippen LogP contribution >= 0.6 is 15.9 Å². The lowest BCUT2D eigenvalue weighted by Crippen LogP contribution is -2.41. The summed E-state index contributed by atoms with van der Waals surface area (Å²) < 4.78 is 10.6. The van der Waals surface area contributed by atoms with Gasteiger partial charge in [0.1, 0.15) is 11.5 Å². The summed E-state index contributed by atoms with van der Waals surface area (Å²) in [4.78, 5) is 38.6. The number of carbonyl (C=O) groups is 3. The van der Waals surface area contributed by atoms with Gasteiger partial charge in [-0.15, -0.1) is 0 Å². The van der Waals surface area contributed by atoms with Crippen molar-refractivity contribution in [1.29, 1.82) is 5.26 Å². The Kier molecular flexibility index (Phi) is 7.73. The Bertz CT molecular complexity index is 1320. The van der Waals surface area contributed by atoms with E-state index in [0.29, 0.717) is 15.6 Å². The van der Waals surface area contributed by atoms with Crippen LogP contribution in [0.5, 0.6) is 0 Å². The molecule has 3 rings (SSSR count). The van der Waals surface area contributed by atoms with E-state index in [0.717, 1.165) is 20.3 Å². The number of hydrogen-bond acceptors (Lipinski definition) is 8. The van der Waals surface area contributed by atoms with Crippen molar-refractivity contribution in [2.75, 3.05) is 19.1 Å². The number of carbonyl (C=O) groups excluding carboxylic acids is 2. The number of carboxylic acid groups (broad SMARTS) is 1. The molecule has 2 aromatic carbocycles. The maximum absolute atomic E-state index is 13.1. The van der Waals surface area contributed by atoms with Crippen LogP contribution in [0.4, 0.5) is 5.69 Å². The number of nitrogens with two attached hydrogens (primary N) is 1. The van der Waals surface area contributed by atoms with Crippen LogP contribution < -0.4 is 10.6 Å². The molecule has 0 amide bonds. The van der Waals surface area contributed by atoms with Crippen molar-refractivity contribution >= 4 is 45.6 Å². The molecule has 1 aliphatic rings. The van der Waals surface area contributed by atoms with Gasteiger partial charge in [-0.1, -0.05) is 52.3 Å². The fraction of sp³-hybridized carbons (Fsp3) is 0.120. The fourth-order valence-electron chi connectivity index (χ4n) is 3.78. The molecule has 0 saturated carbocycles. The molecule has 3 N–H and O–H groups in total. The number of nitriles is 1. The predicted octanol–water partition coefficient (Wildman–Crippen LogP) is 3.44. The van der Waals surface area contributed by atoms with Gasteiger partial charge in [0.25, 0.3) is 0 Å². The summed E-state index contributed by atoms with van der Waals surface area (Å²) in [6.07, 6.45) is 2.22. The Morgan fingerprint density at radius 2 is 1.77 bits per heavy atom. The molecular weight excluding hydrogens is 518 g/mol. The maximum atomic E-state index is 13.1. The zero-order valence-electron chi connectivity index (χ0n) is 18.7. The summed E-state index contributed by atoms with van der Waals surface area (Å²) in [5.74, 6) is -4.09. The number of benzene rings is 2. The molecule has 0 aromatic heterocycles. The lowest BCUT2D eigenvalue weighted by molar-refractivity contribution is -0.139. The first-order valence-corrected chi connectivity index (χ1v) is 10.9. The van der Waals surface area contributed by atoms with Crippen molar-refractivity contribution in [2.45, 2.75) is 5.92 Å². The number of esters is 2. The van der Waals surface area contributed by atoms with Crippen LogP contribution in [0.2, 0.25) is 0 Å². The van der Waals surface area contributed by atoms with Crippen molar-refractivity contribution in [3.05, 3.63) is 92.9 Å². The van der Waals surface area contributed by atoms with Crippen molar-refractivity contribution in [3.8, 4) is 6.07 Å². The minimum atomic E-state index is -1.19. The van der Waals surface area contributed by atoms with Gasteiger partial charge in [-0.25, -0.2) is 14.4 Å². The Morgan fingerprint density at radius 1 is 1.11 bits per heavy atom. The lowest BCUT2D eigenvalue weighted by atomic mass is 9.80. The van der Waals surface area contributed by atoms with Gasteiger partial charge in [-0.3, -0.25) is 4.90 Å². The standard InChI is InChI=1S/C25H20BrN3O6/c1-34-24(32)21-20(15-6-4-3-5-7-15)17(13-27)23(28)29(22(21)25(33)35-2)18-12-16(26)10-8-14(18)9-11-19(30)31/h3-12,20H,28H2,1-2H3,(H,30,31). The number of aliphatic carboxylic acids is 1. The minimum Gasteiger partial charge on any atom is -0.478 e. The molecule has 178 valence electrons. The van der Waals surface area contributed by atoms with Crippen LogP contribution in [0.15, 0.2) is 81.7 Å². The third-order valence-electron chi connectivity index (χ3n) is 5.25. The zero-order valence-corrected chi connectivity index (χ0v) is 20.3. The number of ether oxygens (including phenoxy) is 2. The third kappa shape index (κ3) is 4.95. The van der Waals surface area contributed by atoms with E-state index in [1.807, 2.05) is 0 Å². The van der Waals surface area contributed by atoms with Crippen molar-refractivity contribution < 1.29 is 29.0 Å². The Balaban J connectivity index is 2.46. The van der Waals surface area contributed by atoms with E-state index < -0.39 is 23.8 Å². The molecule has 9 nitrogen and oxygen atoms in total. The van der Waals surface area contributed by atoms with Gasteiger partial charge in [0.2, 0.25) is 0 Å². The van der Waals surface area contributed by atoms with E-state index in [9.17, 15) is 19.6 Å². The molecule has 0 radical (unpaired) electrons. The second-order valence-electron chi connectivity index (χ2n) is 7.21. The van der Waals surface area contributed by atoms with E-state index in [1.54, 1.807) is 48.5 Å². The van der Waals surface area contributed by atoms with Crippen molar-refractivity contribution in [3.63, 3.8) is 0 Å². The number of allylic oxidation sites excluding steroid dienone is 1. The first kappa shape index (κ1) is 25.3. The summed E-state index contributed by atoms with van der Waals surface area (Å²) in [5, 5.41) is 19.2. The van der Waals surface area contributed by atoms with Gasteiger partial charge >= 0.3 is 17.9 Å². The molecule has 0 saturated heterocycles. The van der Waals surface area contributed by atoms with Gasteiger partial charge in [0.05, 0.1) is 43.0 Å². The first-order valence-electron chi connectivity index (χ1n) is 10.1. The zero-order chi connectivity index (χ0) is 25.7. The van der Waals surface area contributed by atoms with E-state index in [4.69, 9.17) is 20.3 Å². The quantitative estimate of drug-likeness (QED) is 0.418. The molecule has 1 unspecified atom stereocenters. The highest BCUT2D eigenvalue weighted by Crippen LogP contribution is 2.44. The van der Waals surface area contributed by atoms with Gasteiger partial charge in [0, 0.05) is 10.5 Å². The molecule has 1 atom stereocenters. The Morgan fingerprint density at radius 3 is 2.34 bits per heavy atom. The SMILES string of the molecule is COC(=O)C1=C(C(=O)OC)N(c2cc(Br)ccc2C=CC(=O)O)C(N)=C(C#N)C1c1ccccc1. The highest BCUT2D eigenvalue weighted by molar-refractivity contribution is 9.10. The van der Waals surface area contributed by atoms with E-state index in [-0.39, 0.29) is 28.4 Å². The summed E-state index contributed by atoms with van der Waals surface area (Å²) >= 11 is 3.36. The lowest BCUT2D eigenvalue weighted by Gasteiger charge is -2.36. The number of anilines is 1. The van der Waals surface area contributed by atoms with Gasteiger partial charge in [0.15, 0.2) is 0 Å². The molecule has 35 heavy (non-hydrogen) atoms. The number of hydrogen-bond donors (Lipinski definition) is 2. The summed E-state index contributed by atoms with van der Waals surface area (Å²) in [6.45, 7) is 0. The average Bonchev–Trinajstić information content (AvgIpc) is 2.86. The molecule has 1 aliphatic heterocycles. The van der Waals surface area contributed by atoms with Crippen LogP contribution in [0.25, 0.3) is 6.08 Å². The highest BCUT2D eigenvalue weighted by atomic mass is 79.9. The molecule has 0 aliphatic carbocycles. The molecule has 1 heterocycles. The van der Waals surface area contributed by atoms with Gasteiger partial charge in [-0.2, -0.15) is 5.26 Å². The number of methoxy groups -OCH3 is 2. The normalized spacial score (nSPS) is 15.7. The molecule has 0 spiro atoms. The van der Waals surface area contributed by atoms with E-state index in [1.165, 1.54) is 11.0 Å². The van der Waals surface area contributed by atoms with Crippen molar-refractivity contribution in [1.82, 2.24) is 0 Å². The Labute approximate surface area is 209 Å². The summed E-state index contributed by atoms with van der Waals surface area (Å²) in [6, 6.07) is 15.5. The maximum Gasteiger partial charge on any atom is 0.355 e. The van der Waals surface area contributed by atoms with E-state index in [2.05, 4.69) is 22.0 Å². The fourth-order valence-corrected chi connectivity index (χ4v) is 4.13. The highest BCUT2D eigenvalue weighted by Gasteiger charge is 2.43. The second kappa shape index (κ2) is 10.7. The van der Waals surface area contributed by atoms with Crippen LogP contribution in [0.1, 0.15) is 17.0 Å². The number of carboxylic acids is 1. The second-order valence-corrected chi connectivity index (χ2v) is 8.13. The molecule has 2 aromatic rings. The summed E-state index contributed by atoms with van der Waals surface area (Å²) in [5.41, 5.74) is 7.20. The van der Waals surface area contributed by atoms with Crippen LogP contribution in [0, 0.1) is 11.3 Å². The molecular formula is C25H20BrN3O6. The van der Waals surface area contributed by atoms with Crippen LogP contribution in [-0.4, -0.2) is 37.2 Å². The number of halogens is 1. The Hall–Kier alpha value is -4.36. The monoisotopic (exact) mass is 537 g/mol. The average molecular weight is 538 g/mol. The van der Waals surface area contributed by atoms with E-state index >= 15 is 0 Å². The first-order chi connectivity index (χ1) is 16.7. The number of rotatable bonds is 6. The third-order valence-corrected chi connectivity index (χ3v) is 5.74. The van der Waals surface area contributed by atoms with Crippen LogP contribution in [0.3, 0.4) is 0 Å². The molecule has 0 bridgehead atoms. The predicted molar refractivity (Wildman–Crippen MR) is 130 cm³/mol.